The number of carbonyl (C=O) groups is 2. The fourth-order valence-corrected chi connectivity index (χ4v) is 7.80. The molecule has 9 atom stereocenters. The number of anilines is 1. The molecule has 0 bridgehead atoms. The van der Waals surface area contributed by atoms with Crippen LogP contribution in [0.5, 0.6) is 0 Å². The van der Waals surface area contributed by atoms with Crippen LogP contribution in [-0.2, 0) is 46.4 Å². The van der Waals surface area contributed by atoms with Crippen LogP contribution in [-0.4, -0.2) is 140 Å². The summed E-state index contributed by atoms with van der Waals surface area (Å²) in [5, 5.41) is 17.5. The molecule has 5 unspecified atom stereocenters. The van der Waals surface area contributed by atoms with Crippen molar-refractivity contribution in [2.45, 2.75) is 101 Å². The Morgan fingerprint density at radius 2 is 1.87 bits per heavy atom. The molecule has 0 aliphatic carbocycles. The van der Waals surface area contributed by atoms with Crippen molar-refractivity contribution in [2.24, 2.45) is 5.11 Å². The van der Waals surface area contributed by atoms with Crippen molar-refractivity contribution in [3.05, 3.63) is 45.8 Å². The van der Waals surface area contributed by atoms with Gasteiger partial charge in [-0.1, -0.05) is 5.11 Å². The van der Waals surface area contributed by atoms with E-state index in [-0.39, 0.29) is 37.3 Å². The van der Waals surface area contributed by atoms with Crippen molar-refractivity contribution >= 4 is 66.0 Å². The molecule has 0 aromatic carbocycles. The van der Waals surface area contributed by atoms with Crippen LogP contribution in [0.4, 0.5) is 10.6 Å². The molecule has 0 spiro atoms. The Balaban J connectivity index is 1.37. The van der Waals surface area contributed by atoms with E-state index < -0.39 is 101 Å². The van der Waals surface area contributed by atoms with Gasteiger partial charge >= 0.3 is 197 Å². The number of unbranched alkanes of at least 4 members (excludes halogenated alkanes) is 1. The Bertz CT molecular complexity index is 2220. The van der Waals surface area contributed by atoms with Crippen molar-refractivity contribution in [3.8, 4) is 0 Å². The van der Waals surface area contributed by atoms with Gasteiger partial charge in [0.2, 0.25) is 0 Å². The van der Waals surface area contributed by atoms with E-state index in [9.17, 15) is 43.3 Å². The first kappa shape index (κ1) is 47.0. The van der Waals surface area contributed by atoms with Crippen LogP contribution >= 0.6 is 15.6 Å². The number of fused-ring (bicyclic) bond motifs is 1. The molecule has 2 aliphatic rings. The maximum absolute atomic E-state index is 13.8. The van der Waals surface area contributed by atoms with Crippen molar-refractivity contribution in [3.63, 3.8) is 0 Å². The maximum atomic E-state index is 13.8. The molecule has 1 amide bonds. The summed E-state index contributed by atoms with van der Waals surface area (Å²) >= 11 is 2.20. The molecule has 30 heteroatoms. The molecule has 2 fully saturated rings. The van der Waals surface area contributed by atoms with Gasteiger partial charge in [-0.25, -0.2) is 14.2 Å². The second-order valence-corrected chi connectivity index (χ2v) is 17.8. The van der Waals surface area contributed by atoms with Crippen LogP contribution in [0.15, 0.2) is 34.8 Å². The Morgan fingerprint density at radius 3 is 2.55 bits per heavy atom. The summed E-state index contributed by atoms with van der Waals surface area (Å²) in [6.07, 6.45) is -7.45. The number of phosphoric ester groups is 2. The number of carbonyl (C=O) groups excluding carboxylic acids is 2. The molecule has 5 heterocycles. The van der Waals surface area contributed by atoms with Crippen LogP contribution in [0, 0.1) is 0 Å². The molecule has 2 saturated heterocycles. The molecule has 60 heavy (non-hydrogen) atoms. The Morgan fingerprint density at radius 1 is 1.13 bits per heavy atom. The first-order valence-corrected chi connectivity index (χ1v) is 21.9. The predicted octanol–water partition coefficient (Wildman–Crippen LogP) is -0.0978. The number of alkyl carbamates (subject to hydrolysis) is 1. The molecule has 0 saturated carbocycles. The third-order valence-electron chi connectivity index (χ3n) is 8.63. The van der Waals surface area contributed by atoms with Gasteiger partial charge in [0.05, 0.1) is 6.61 Å². The normalized spacial score (nSPS) is 24.7. The number of aliphatic hydroxyl groups excluding tert-OH is 1. The van der Waals surface area contributed by atoms with E-state index in [4.69, 9.17) is 39.3 Å². The number of nitrogen functional groups attached to an aromatic ring is 1. The first-order valence-electron chi connectivity index (χ1n) is 17.9. The fraction of sp³-hybridized carbons (Fsp3) is 0.633. The van der Waals surface area contributed by atoms with Gasteiger partial charge in [-0.2, -0.15) is 4.98 Å². The van der Waals surface area contributed by atoms with Crippen molar-refractivity contribution in [1.29, 1.82) is 0 Å². The van der Waals surface area contributed by atoms with Gasteiger partial charge in [-0.05, 0) is 38.8 Å². The number of esters is 1. The molecule has 3 aromatic rings. The predicted molar refractivity (Wildman–Crippen MR) is 202 cm³/mol. The number of hydrogen-bond acceptors (Lipinski definition) is 19. The van der Waals surface area contributed by atoms with Gasteiger partial charge < -0.3 is 25.0 Å². The van der Waals surface area contributed by atoms with E-state index in [1.165, 1.54) is 29.5 Å². The van der Waals surface area contributed by atoms with E-state index in [1.54, 1.807) is 20.8 Å². The van der Waals surface area contributed by atoms with E-state index >= 15 is 0 Å². The Labute approximate surface area is 348 Å². The third-order valence-corrected chi connectivity index (χ3v) is 10.8. The van der Waals surface area contributed by atoms with E-state index in [0.29, 0.717) is 16.4 Å². The fourth-order valence-electron chi connectivity index (χ4n) is 6.06. The van der Waals surface area contributed by atoms with Crippen molar-refractivity contribution in [1.82, 2.24) is 34.4 Å². The van der Waals surface area contributed by atoms with Gasteiger partial charge in [-0.15, -0.1) is 0 Å². The summed E-state index contributed by atoms with van der Waals surface area (Å²) in [4.78, 5) is 87.4. The monoisotopic (exact) mass is 949 g/mol. The average molecular weight is 950 g/mol. The minimum absolute atomic E-state index is 0.0243. The number of nitrogens with zero attached hydrogens (tertiary/aromatic N) is 9. The van der Waals surface area contributed by atoms with E-state index in [0.717, 1.165) is 4.57 Å². The Kier molecular flexibility index (Phi) is 15.5. The number of nitrogens with one attached hydrogen (secondary N) is 1. The molecular formula is C30H42AsN11O16P2. The average Bonchev–Trinajstić information content (AvgIpc) is 3.83. The number of amides is 1. The number of nitrogens with two attached hydrogens (primary N) is 1. The summed E-state index contributed by atoms with van der Waals surface area (Å²) < 4.78 is 65.8. The topological polar surface area (TPSA) is 379 Å². The second-order valence-electron chi connectivity index (χ2n) is 14.2. The van der Waals surface area contributed by atoms with Crippen LogP contribution in [0.2, 0.25) is 0 Å². The summed E-state index contributed by atoms with van der Waals surface area (Å²) in [7, 11) is -10.3. The van der Waals surface area contributed by atoms with Gasteiger partial charge in [0.15, 0.2) is 0 Å². The molecule has 5 rings (SSSR count). The molecular weight excluding hydrogens is 907 g/mol. The zero-order chi connectivity index (χ0) is 44.0. The third kappa shape index (κ3) is 12.7. The number of aliphatic hydroxyl groups is 1. The summed E-state index contributed by atoms with van der Waals surface area (Å²) in [6, 6.07) is -0.0892. The van der Waals surface area contributed by atoms with Crippen LogP contribution < -0.4 is 21.2 Å². The van der Waals surface area contributed by atoms with Gasteiger partial charge in [0.1, 0.15) is 23.8 Å². The van der Waals surface area contributed by atoms with Crippen LogP contribution in [0.3, 0.4) is 0 Å². The summed E-state index contributed by atoms with van der Waals surface area (Å²) in [5.41, 5.74) is 12.9. The molecule has 328 valence electrons. The molecule has 2 aliphatic heterocycles. The quantitative estimate of drug-likeness (QED) is 0.0184. The number of azide groups is 1. The minimum atomic E-state index is -5.23. The second kappa shape index (κ2) is 19.8. The van der Waals surface area contributed by atoms with Crippen molar-refractivity contribution < 1.29 is 71.0 Å². The zero-order valence-corrected chi connectivity index (χ0v) is 35.7. The van der Waals surface area contributed by atoms with Gasteiger partial charge in [0, 0.05) is 24.1 Å². The molecule has 2 radical (unpaired) electrons. The van der Waals surface area contributed by atoms with Crippen LogP contribution in [0.1, 0.15) is 58.9 Å². The van der Waals surface area contributed by atoms with E-state index in [1.807, 2.05) is 0 Å². The standard InChI is InChI=1S/C30H42AsN11O16P2/c1-30(2,3)57-29(46)38-15(6-4-5-8-37-40-33)27(44)56-23-18(55-26(22(23)43)42-14-36-21-24(31)34-13-35-25(21)42)12-53-60(50,51)58-16-10-20(41-9-7-19(32)39-28(41)45)54-17(16)11-52-59(47,48)49/h7,9,13-18,20,22-23,26,43H,4-6,8,10-12H2,1-3H3,(H,38,46)(H,50,51)(H2,32,39,45)(H2,47,48,49)/t15-,16+,17-,18?,20-,22?,23?,26?/m1/s1. The number of hydrogen-bond donors (Lipinski definition) is 6. The summed E-state index contributed by atoms with van der Waals surface area (Å²) in [6.45, 7) is 3.18. The number of aromatic nitrogens is 6. The Hall–Kier alpha value is -4.06. The zero-order valence-electron chi connectivity index (χ0n) is 32.0. The number of rotatable bonds is 18. The molecule has 7 N–H and O–H groups in total. The van der Waals surface area contributed by atoms with E-state index in [2.05, 4.69) is 56.7 Å². The summed E-state index contributed by atoms with van der Waals surface area (Å²) in [5.74, 6) is -1.17. The first-order chi connectivity index (χ1) is 28.1. The number of imidazole rings is 1. The molecule has 3 aromatic heterocycles. The molecule has 27 nitrogen and oxygen atoms in total. The number of ether oxygens (including phenoxy) is 4. The van der Waals surface area contributed by atoms with Crippen LogP contribution in [0.25, 0.3) is 21.6 Å². The van der Waals surface area contributed by atoms with Crippen molar-refractivity contribution in [2.75, 3.05) is 25.5 Å². The number of phosphoric acid groups is 2. The SMILES string of the molecule is CC(C)(C)OC(=O)N[C@H](CCCCN=[N+]=[N-])C(=O)OC1C(COP(=O)(O)O[C@H]2C[C@H](n3ccc(N)nc3=O)O[C@@H]2COP(=O)(O)O)OC(n2cnc3c([As])ncnc32)C1O. The van der Waals surface area contributed by atoms with Gasteiger partial charge in [0.25, 0.3) is 0 Å². The van der Waals surface area contributed by atoms with Gasteiger partial charge in [-0.3, -0.25) is 9.09 Å².